The topological polar surface area (TPSA) is 243 Å². The van der Waals surface area contributed by atoms with Gasteiger partial charge in [0.25, 0.3) is 11.1 Å². The number of nitrogens with zero attached hydrogens (tertiary/aromatic N) is 2. The van der Waals surface area contributed by atoms with Crippen LogP contribution in [0.25, 0.3) is 0 Å². The number of methoxy groups -OCH3 is 2. The van der Waals surface area contributed by atoms with Crippen LogP contribution in [0.5, 0.6) is 0 Å². The van der Waals surface area contributed by atoms with Gasteiger partial charge in [-0.15, -0.1) is 0 Å². The lowest BCUT2D eigenvalue weighted by Gasteiger charge is -2.43. The molecule has 0 radical (unpaired) electrons. The highest BCUT2D eigenvalue weighted by molar-refractivity contribution is 7.90. The number of nitrogen functional groups attached to an aromatic ring is 1. The quantitative estimate of drug-likeness (QED) is 0.0135. The van der Waals surface area contributed by atoms with Crippen LogP contribution in [-0.4, -0.2) is 110 Å². The third-order valence-electron chi connectivity index (χ3n) is 14.8. The van der Waals surface area contributed by atoms with Crippen molar-refractivity contribution in [3.05, 3.63) is 117 Å². The highest BCUT2D eigenvalue weighted by atomic mass is 35.5. The molecular weight excluding hydrogens is 1220 g/mol. The van der Waals surface area contributed by atoms with E-state index >= 15 is 0 Å². The number of benzene rings is 2. The number of aryl methyl sites for hydroxylation is 4. The first-order valence-corrected chi connectivity index (χ1v) is 32.4. The Labute approximate surface area is 508 Å². The van der Waals surface area contributed by atoms with Crippen molar-refractivity contribution in [3.8, 4) is 0 Å². The van der Waals surface area contributed by atoms with Crippen molar-refractivity contribution in [1.29, 1.82) is 0 Å². The fourth-order valence-electron chi connectivity index (χ4n) is 10.0. The van der Waals surface area contributed by atoms with Crippen molar-refractivity contribution >= 4 is 100 Å². The number of alkyl halides is 6. The Kier molecular flexibility index (Phi) is 25.9. The maximum absolute atomic E-state index is 13.6. The molecule has 85 heavy (non-hydrogen) atoms. The Bertz CT molecular complexity index is 3270. The molecule has 2 fully saturated rings. The Balaban J connectivity index is 0.000000307. The van der Waals surface area contributed by atoms with Crippen LogP contribution in [0, 0.1) is 38.5 Å². The maximum atomic E-state index is 13.6. The zero-order chi connectivity index (χ0) is 63.9. The van der Waals surface area contributed by atoms with E-state index in [-0.39, 0.29) is 63.2 Å². The number of nitrogens with one attached hydrogen (secondary N) is 3. The van der Waals surface area contributed by atoms with E-state index in [0.717, 1.165) is 75.5 Å². The van der Waals surface area contributed by atoms with Crippen LogP contribution >= 0.6 is 36.0 Å². The molecule has 2 aromatic heterocycles. The summed E-state index contributed by atoms with van der Waals surface area (Å²) in [4.78, 5) is 57.6. The third-order valence-corrected chi connectivity index (χ3v) is 18.1. The number of anilines is 2. The minimum Gasteiger partial charge on any atom is -0.467 e. The average Bonchev–Trinajstić information content (AvgIpc) is 1.43. The van der Waals surface area contributed by atoms with Gasteiger partial charge in [-0.25, -0.2) is 26.4 Å². The van der Waals surface area contributed by atoms with Crippen molar-refractivity contribution in [2.75, 3.05) is 49.3 Å². The predicted molar refractivity (Wildman–Crippen MR) is 323 cm³/mol. The standard InChI is InChI=1S/C29H36F3N3O5S2.C20H30N2O4S2.C9H7ClF3NO/c1-18-16-22(29(30,31)32)24(19(2)33-18)25(36)34-21-10-8-20(9-11-21)17-23(26(37)40-3)35-27(41)28(13-7-14-28)12-5-6-15-42(4,38)39;1-26-18(23)17(14-15-6-8-16(21)9-7-15)22-19(27)20(11-5-12-20)10-3-4-13-28(2,24)25;1-4-3-6(9(11,12)13)7(8(10)15)5(2)14-4/h8-11,16,23H,5-7,12-15,17H2,1-4H3,(H,34,36)(H,35,41);6-9,17H,3-5,10-14,21H2,1-2H3,(H,22,27);3H,1-2H3. The molecule has 2 aliphatic carbocycles. The molecule has 16 nitrogen and oxygen atoms in total. The molecule has 1 amide bonds. The Morgan fingerprint density at radius 3 is 1.33 bits per heavy atom. The Morgan fingerprint density at radius 2 is 1.00 bits per heavy atom. The molecule has 2 aromatic carbocycles. The van der Waals surface area contributed by atoms with Gasteiger partial charge in [-0.3, -0.25) is 19.6 Å². The molecule has 2 saturated carbocycles. The van der Waals surface area contributed by atoms with Gasteiger partial charge in [0.1, 0.15) is 31.8 Å². The largest absolute Gasteiger partial charge is 0.467 e. The number of carbonyl (C=O) groups excluding carboxylic acids is 4. The van der Waals surface area contributed by atoms with Crippen molar-refractivity contribution in [1.82, 2.24) is 20.6 Å². The molecule has 0 bridgehead atoms. The second-order valence-corrected chi connectivity index (χ2v) is 27.3. The normalized spacial score (nSPS) is 15.1. The SMILES string of the molecule is COC(=O)C(Cc1ccc(N)cc1)NC(=S)C1(CCCCS(C)(=O)=O)CCC1.COC(=O)C(Cc1ccc(NC(=O)c2c(C(F)(F)F)cc(C)nc2C)cc1)NC(=S)C1(CCCCS(C)(=O)=O)CCC1.Cc1cc(C(F)(F)F)c(C(=O)Cl)c(C)n1. The van der Waals surface area contributed by atoms with Gasteiger partial charge >= 0.3 is 24.3 Å². The van der Waals surface area contributed by atoms with E-state index in [1.807, 2.05) is 12.1 Å². The van der Waals surface area contributed by atoms with Crippen LogP contribution in [0.2, 0.25) is 0 Å². The predicted octanol–water partition coefficient (Wildman–Crippen LogP) is 11.1. The number of hydrogen-bond donors (Lipinski definition) is 4. The second-order valence-electron chi connectivity index (χ2n) is 21.7. The number of esters is 2. The zero-order valence-electron chi connectivity index (χ0n) is 48.6. The third kappa shape index (κ3) is 21.8. The summed E-state index contributed by atoms with van der Waals surface area (Å²) in [6.45, 7) is 5.52. The number of hydrogen-bond acceptors (Lipinski definition) is 15. The monoisotopic (exact) mass is 1290 g/mol. The van der Waals surface area contributed by atoms with Crippen molar-refractivity contribution in [2.24, 2.45) is 10.8 Å². The number of ether oxygens (including phenoxy) is 2. The summed E-state index contributed by atoms with van der Waals surface area (Å²) in [7, 11) is -3.33. The van der Waals surface area contributed by atoms with E-state index in [1.165, 1.54) is 54.4 Å². The van der Waals surface area contributed by atoms with Gasteiger partial charge in [-0.2, -0.15) is 26.3 Å². The Hall–Kier alpha value is -5.83. The highest BCUT2D eigenvalue weighted by Gasteiger charge is 2.44. The number of thiocarbonyl (C=S) groups is 2. The van der Waals surface area contributed by atoms with E-state index < -0.39 is 83.5 Å². The van der Waals surface area contributed by atoms with Crippen molar-refractivity contribution in [3.63, 3.8) is 0 Å². The summed E-state index contributed by atoms with van der Waals surface area (Å²) in [5, 5.41) is 7.76. The van der Waals surface area contributed by atoms with Gasteiger partial charge in [0, 0.05) is 70.5 Å². The Morgan fingerprint density at radius 1 is 0.635 bits per heavy atom. The maximum Gasteiger partial charge on any atom is 0.417 e. The van der Waals surface area contributed by atoms with Crippen LogP contribution in [0.1, 0.15) is 143 Å². The summed E-state index contributed by atoms with van der Waals surface area (Å²) < 4.78 is 134. The molecule has 5 N–H and O–H groups in total. The number of halogens is 7. The molecule has 2 unspecified atom stereocenters. The zero-order valence-corrected chi connectivity index (χ0v) is 52.6. The van der Waals surface area contributed by atoms with Gasteiger partial charge in [0.15, 0.2) is 0 Å². The molecule has 6 rings (SSSR count). The molecule has 468 valence electrons. The van der Waals surface area contributed by atoms with Crippen molar-refractivity contribution < 1.29 is 71.8 Å². The van der Waals surface area contributed by atoms with Crippen LogP contribution in [-0.2, 0) is 63.9 Å². The minimum absolute atomic E-state index is 0.0117. The van der Waals surface area contributed by atoms with E-state index in [0.29, 0.717) is 46.9 Å². The molecule has 0 spiro atoms. The first-order valence-electron chi connectivity index (χ1n) is 27.1. The van der Waals surface area contributed by atoms with E-state index in [1.54, 1.807) is 36.4 Å². The van der Waals surface area contributed by atoms with Gasteiger partial charge < -0.3 is 31.2 Å². The molecule has 2 aliphatic rings. The fraction of sp³-hybridized carbons (Fsp3) is 0.517. The number of sulfone groups is 2. The van der Waals surface area contributed by atoms with E-state index in [2.05, 4.69) is 25.9 Å². The summed E-state index contributed by atoms with van der Waals surface area (Å²) in [6.07, 6.45) is 3.79. The summed E-state index contributed by atoms with van der Waals surface area (Å²) in [6, 6.07) is 14.1. The van der Waals surface area contributed by atoms with Crippen LogP contribution in [0.4, 0.5) is 37.7 Å². The lowest BCUT2D eigenvalue weighted by Crippen LogP contribution is -2.51. The number of rotatable bonds is 23. The first kappa shape index (κ1) is 71.6. The van der Waals surface area contributed by atoms with Crippen LogP contribution in [0.3, 0.4) is 0 Å². The molecule has 0 aliphatic heterocycles. The first-order chi connectivity index (χ1) is 39.4. The number of aromatic nitrogens is 2. The van der Waals surface area contributed by atoms with Crippen LogP contribution < -0.4 is 21.7 Å². The number of nitrogens with two attached hydrogens (primary N) is 1. The molecular formula is C58H73ClF6N6O10S4. The summed E-state index contributed by atoms with van der Waals surface area (Å²) in [5.74, 6) is -1.48. The molecule has 0 saturated heterocycles. The molecule has 27 heteroatoms. The number of carbonyl (C=O) groups is 4. The number of unbranched alkanes of at least 4 members (excludes halogenated alkanes) is 2. The average molecular weight is 1290 g/mol. The minimum atomic E-state index is -4.72. The fourth-order valence-corrected chi connectivity index (χ4v) is 12.6. The summed E-state index contributed by atoms with van der Waals surface area (Å²) in [5.41, 5.74) is 5.03. The van der Waals surface area contributed by atoms with E-state index in [9.17, 15) is 62.4 Å². The molecule has 2 atom stereocenters. The summed E-state index contributed by atoms with van der Waals surface area (Å²) >= 11 is 16.5. The molecule has 4 aromatic rings. The lowest BCUT2D eigenvalue weighted by molar-refractivity contribution is -0.143. The smallest absolute Gasteiger partial charge is 0.417 e. The second kappa shape index (κ2) is 30.7. The van der Waals surface area contributed by atoms with Gasteiger partial charge in [0.2, 0.25) is 0 Å². The van der Waals surface area contributed by atoms with Gasteiger partial charge in [-0.1, -0.05) is 74.4 Å². The number of amides is 1. The highest BCUT2D eigenvalue weighted by Crippen LogP contribution is 2.47. The van der Waals surface area contributed by atoms with Gasteiger partial charge in [0.05, 0.1) is 57.8 Å². The van der Waals surface area contributed by atoms with Crippen molar-refractivity contribution in [2.45, 2.75) is 142 Å². The number of pyridine rings is 2. The van der Waals surface area contributed by atoms with Gasteiger partial charge in [-0.05, 0) is 138 Å². The lowest BCUT2D eigenvalue weighted by atomic mass is 9.65. The molecule has 2 heterocycles. The van der Waals surface area contributed by atoms with E-state index in [4.69, 9.17) is 51.2 Å². The van der Waals surface area contributed by atoms with Crippen LogP contribution in [0.15, 0.2) is 60.7 Å².